The fraction of sp³-hybridized carbons (Fsp3) is 0.385. The van der Waals surface area contributed by atoms with Crippen molar-refractivity contribution in [2.45, 2.75) is 19.6 Å². The van der Waals surface area contributed by atoms with Gasteiger partial charge in [0.25, 0.3) is 5.91 Å². The zero-order chi connectivity index (χ0) is 14.7. The van der Waals surface area contributed by atoms with E-state index in [1.54, 1.807) is 0 Å². The summed E-state index contributed by atoms with van der Waals surface area (Å²) in [4.78, 5) is 10.4. The molecule has 0 bridgehead atoms. The van der Waals surface area contributed by atoms with E-state index >= 15 is 0 Å². The number of amides is 1. The van der Waals surface area contributed by atoms with Gasteiger partial charge in [0.2, 0.25) is 6.29 Å². The van der Waals surface area contributed by atoms with Crippen LogP contribution in [0.4, 0.5) is 0 Å². The van der Waals surface area contributed by atoms with Crippen LogP contribution in [-0.2, 0) is 20.7 Å². The van der Waals surface area contributed by atoms with Gasteiger partial charge in [0.1, 0.15) is 0 Å². The second kappa shape index (κ2) is 10.0. The summed E-state index contributed by atoms with van der Waals surface area (Å²) in [6, 6.07) is 10.1. The molecule has 0 aliphatic carbocycles. The molecule has 104 valence electrons. The van der Waals surface area contributed by atoms with Crippen LogP contribution in [0.2, 0.25) is 0 Å². The number of methoxy groups -OCH3 is 2. The maximum atomic E-state index is 10.4. The van der Waals surface area contributed by atoms with Crippen LogP contribution in [0.5, 0.6) is 0 Å². The second-order valence-electron chi connectivity index (χ2n) is 3.60. The van der Waals surface area contributed by atoms with Crippen molar-refractivity contribution < 1.29 is 19.5 Å². The van der Waals surface area contributed by atoms with Gasteiger partial charge in [0.15, 0.2) is 0 Å². The van der Waals surface area contributed by atoms with Gasteiger partial charge < -0.3 is 9.47 Å². The summed E-state index contributed by atoms with van der Waals surface area (Å²) in [5, 5.41) is 16.3. The van der Waals surface area contributed by atoms with Crippen LogP contribution in [0.25, 0.3) is 0 Å². The predicted octanol–water partition coefficient (Wildman–Crippen LogP) is 1.17. The van der Waals surface area contributed by atoms with Gasteiger partial charge in [-0.25, -0.2) is 5.48 Å². The third-order valence-corrected chi connectivity index (χ3v) is 2.16. The molecular weight excluding hydrogens is 248 g/mol. The number of benzene rings is 1. The molecule has 0 saturated heterocycles. The van der Waals surface area contributed by atoms with E-state index in [1.807, 2.05) is 31.2 Å². The molecule has 0 fully saturated rings. The van der Waals surface area contributed by atoms with Crippen molar-refractivity contribution in [2.75, 3.05) is 14.2 Å². The lowest BCUT2D eigenvalue weighted by atomic mass is 10.1. The summed E-state index contributed by atoms with van der Waals surface area (Å²) in [5.41, 5.74) is 3.71. The summed E-state index contributed by atoms with van der Waals surface area (Å²) in [6.07, 6.45) is -0.518. The van der Waals surface area contributed by atoms with Gasteiger partial charge in [-0.2, -0.15) is 5.26 Å². The molecule has 1 aromatic rings. The Bertz CT molecular complexity index is 408. The van der Waals surface area contributed by atoms with Crippen molar-refractivity contribution in [3.05, 3.63) is 35.4 Å². The van der Waals surface area contributed by atoms with Crippen molar-refractivity contribution in [3.8, 4) is 6.07 Å². The fourth-order valence-electron chi connectivity index (χ4n) is 1.16. The minimum atomic E-state index is -1.03. The van der Waals surface area contributed by atoms with Gasteiger partial charge in [-0.05, 0) is 12.5 Å². The van der Waals surface area contributed by atoms with Gasteiger partial charge in [0.05, 0.1) is 12.5 Å². The molecular formula is C13H18N2O4. The van der Waals surface area contributed by atoms with Crippen molar-refractivity contribution in [1.29, 1.82) is 5.26 Å². The summed E-state index contributed by atoms with van der Waals surface area (Å²) in [6.45, 7) is 2.04. The van der Waals surface area contributed by atoms with Crippen molar-refractivity contribution >= 4 is 5.91 Å². The Labute approximate surface area is 112 Å². The molecule has 1 amide bonds. The fourth-order valence-corrected chi connectivity index (χ4v) is 1.16. The topological polar surface area (TPSA) is 91.6 Å². The van der Waals surface area contributed by atoms with Gasteiger partial charge in [-0.3, -0.25) is 10.0 Å². The Morgan fingerprint density at radius 1 is 1.37 bits per heavy atom. The first-order valence-electron chi connectivity index (χ1n) is 5.51. The Hall–Kier alpha value is -1.94. The Kier molecular flexibility index (Phi) is 9.00. The summed E-state index contributed by atoms with van der Waals surface area (Å²) in [5.74, 6) is -0.722. The Morgan fingerprint density at radius 2 is 1.89 bits per heavy atom. The molecule has 6 heteroatoms. The lowest BCUT2D eigenvalue weighted by molar-refractivity contribution is -0.167. The number of aryl methyl sites for hydroxylation is 1. The normalized spacial score (nSPS) is 9.26. The van der Waals surface area contributed by atoms with E-state index in [4.69, 9.17) is 10.5 Å². The molecule has 0 spiro atoms. The number of nitrogens with zero attached hydrogens (tertiary/aromatic N) is 1. The minimum absolute atomic E-state index is 0.514. The monoisotopic (exact) mass is 266 g/mol. The number of hydrogen-bond acceptors (Lipinski definition) is 5. The number of carbonyl (C=O) groups excluding carboxylic acids is 1. The van der Waals surface area contributed by atoms with Gasteiger partial charge in [-0.1, -0.05) is 29.8 Å². The van der Waals surface area contributed by atoms with Gasteiger partial charge >= 0.3 is 0 Å². The lowest BCUT2D eigenvalue weighted by Crippen LogP contribution is -2.34. The largest absolute Gasteiger partial charge is 0.348 e. The minimum Gasteiger partial charge on any atom is -0.348 e. The number of nitriles is 1. The van der Waals surface area contributed by atoms with E-state index in [1.165, 1.54) is 25.3 Å². The molecule has 0 radical (unpaired) electrons. The molecule has 0 aromatic heterocycles. The molecule has 0 aliphatic heterocycles. The first kappa shape index (κ1) is 17.1. The van der Waals surface area contributed by atoms with Gasteiger partial charge in [0, 0.05) is 14.2 Å². The van der Waals surface area contributed by atoms with E-state index in [0.717, 1.165) is 5.56 Å². The highest BCUT2D eigenvalue weighted by Gasteiger charge is 2.14. The zero-order valence-corrected chi connectivity index (χ0v) is 11.2. The SMILES string of the molecule is COC(OC)C(=O)NO.Cc1ccc(CC#N)cc1. The highest BCUT2D eigenvalue weighted by atomic mass is 16.7. The standard InChI is InChI=1S/C9H9N.C4H9NO4/c1-8-2-4-9(5-3-8)6-7-10;1-8-4(9-2)3(6)5-7/h2-5H,6H2,1H3;4,7H,1-2H3,(H,5,6). The predicted molar refractivity (Wildman–Crippen MR) is 68.2 cm³/mol. The van der Waals surface area contributed by atoms with Crippen LogP contribution in [-0.4, -0.2) is 31.6 Å². The molecule has 0 heterocycles. The molecule has 2 N–H and O–H groups in total. The van der Waals surface area contributed by atoms with Crippen LogP contribution < -0.4 is 5.48 Å². The first-order valence-corrected chi connectivity index (χ1v) is 5.51. The van der Waals surface area contributed by atoms with Gasteiger partial charge in [-0.15, -0.1) is 0 Å². The van der Waals surface area contributed by atoms with E-state index in [0.29, 0.717) is 6.42 Å². The number of hydroxylamine groups is 1. The molecule has 6 nitrogen and oxygen atoms in total. The van der Waals surface area contributed by atoms with Crippen molar-refractivity contribution in [3.63, 3.8) is 0 Å². The molecule has 1 rings (SSSR count). The van der Waals surface area contributed by atoms with Crippen LogP contribution in [0, 0.1) is 18.3 Å². The zero-order valence-electron chi connectivity index (χ0n) is 11.2. The Balaban J connectivity index is 0.000000344. The number of rotatable bonds is 4. The molecule has 0 saturated carbocycles. The molecule has 19 heavy (non-hydrogen) atoms. The molecule has 0 unspecified atom stereocenters. The second-order valence-corrected chi connectivity index (χ2v) is 3.60. The molecule has 0 atom stereocenters. The quantitative estimate of drug-likeness (QED) is 0.485. The molecule has 0 aliphatic rings. The Morgan fingerprint density at radius 3 is 2.21 bits per heavy atom. The number of ether oxygens (including phenoxy) is 2. The smallest absolute Gasteiger partial charge is 0.300 e. The maximum absolute atomic E-state index is 10.4. The number of carbonyl (C=O) groups is 1. The highest BCUT2D eigenvalue weighted by Crippen LogP contribution is 2.02. The molecule has 1 aromatic carbocycles. The van der Waals surface area contributed by atoms with E-state index in [9.17, 15) is 4.79 Å². The average molecular weight is 266 g/mol. The average Bonchev–Trinajstić information content (AvgIpc) is 2.43. The highest BCUT2D eigenvalue weighted by molar-refractivity contribution is 5.78. The van der Waals surface area contributed by atoms with Crippen LogP contribution in [0.1, 0.15) is 11.1 Å². The number of hydrogen-bond donors (Lipinski definition) is 2. The first-order chi connectivity index (χ1) is 9.08. The maximum Gasteiger partial charge on any atom is 0.300 e. The summed E-state index contributed by atoms with van der Waals surface area (Å²) < 4.78 is 8.92. The van der Waals surface area contributed by atoms with E-state index in [2.05, 4.69) is 15.5 Å². The van der Waals surface area contributed by atoms with Crippen LogP contribution in [0.15, 0.2) is 24.3 Å². The summed E-state index contributed by atoms with van der Waals surface area (Å²) in [7, 11) is 2.59. The van der Waals surface area contributed by atoms with Crippen LogP contribution in [0.3, 0.4) is 0 Å². The third-order valence-electron chi connectivity index (χ3n) is 2.16. The van der Waals surface area contributed by atoms with E-state index in [-0.39, 0.29) is 0 Å². The van der Waals surface area contributed by atoms with E-state index < -0.39 is 12.2 Å². The number of nitrogens with one attached hydrogen (secondary N) is 1. The van der Waals surface area contributed by atoms with Crippen molar-refractivity contribution in [1.82, 2.24) is 5.48 Å². The lowest BCUT2D eigenvalue weighted by Gasteiger charge is -2.08. The van der Waals surface area contributed by atoms with Crippen molar-refractivity contribution in [2.24, 2.45) is 0 Å². The van der Waals surface area contributed by atoms with Crippen LogP contribution >= 0.6 is 0 Å². The third kappa shape index (κ3) is 7.16. The summed E-state index contributed by atoms with van der Waals surface area (Å²) >= 11 is 0.